The second-order valence-corrected chi connectivity index (χ2v) is 15.3. The summed E-state index contributed by atoms with van der Waals surface area (Å²) in [7, 11) is 0. The number of benzene rings is 10. The van der Waals surface area contributed by atoms with Crippen molar-refractivity contribution < 1.29 is 4.42 Å². The van der Waals surface area contributed by atoms with E-state index < -0.39 is 0 Å². The van der Waals surface area contributed by atoms with Crippen LogP contribution in [0.25, 0.3) is 88.3 Å². The van der Waals surface area contributed by atoms with Crippen LogP contribution in [-0.2, 0) is 0 Å². The summed E-state index contributed by atoms with van der Waals surface area (Å²) in [5.41, 5.74) is 16.9. The van der Waals surface area contributed by atoms with Crippen LogP contribution < -0.4 is 4.90 Å². The van der Waals surface area contributed by atoms with Gasteiger partial charge in [0.25, 0.3) is 0 Å². The average Bonchev–Trinajstić information content (AvgIpc) is 3.70. The lowest BCUT2D eigenvalue weighted by Crippen LogP contribution is -2.09. The van der Waals surface area contributed by atoms with Gasteiger partial charge in [-0.15, -0.1) is 0 Å². The second kappa shape index (κ2) is 15.1. The summed E-state index contributed by atoms with van der Waals surface area (Å²) in [6, 6.07) is 84.9. The topological polar surface area (TPSA) is 16.4 Å². The first-order valence-electron chi connectivity index (χ1n) is 20.5. The van der Waals surface area contributed by atoms with Crippen LogP contribution in [0.15, 0.2) is 241 Å². The Bertz CT molecular complexity index is 3280. The number of anilines is 3. The molecular weight excluding hydrogens is 727 g/mol. The molecule has 0 saturated heterocycles. The Kier molecular flexibility index (Phi) is 8.87. The fourth-order valence-electron chi connectivity index (χ4n) is 8.70. The Morgan fingerprint density at radius 3 is 1.42 bits per heavy atom. The summed E-state index contributed by atoms with van der Waals surface area (Å²) in [5, 5.41) is 4.79. The molecule has 0 unspecified atom stereocenters. The quantitative estimate of drug-likeness (QED) is 0.153. The molecule has 282 valence electrons. The van der Waals surface area contributed by atoms with Gasteiger partial charge in [0, 0.05) is 27.8 Å². The molecule has 0 saturated carbocycles. The molecule has 11 aromatic rings. The molecule has 0 aliphatic heterocycles. The molecule has 0 atom stereocenters. The molecule has 0 amide bonds. The summed E-state index contributed by atoms with van der Waals surface area (Å²) in [5.74, 6) is 0. The Balaban J connectivity index is 0.949. The fraction of sp³-hybridized carbons (Fsp3) is 0. The van der Waals surface area contributed by atoms with Crippen LogP contribution in [0.2, 0.25) is 0 Å². The van der Waals surface area contributed by atoms with Crippen LogP contribution in [0.5, 0.6) is 0 Å². The minimum Gasteiger partial charge on any atom is -0.456 e. The molecule has 0 N–H and O–H groups in total. The van der Waals surface area contributed by atoms with Crippen molar-refractivity contribution in [3.8, 4) is 55.6 Å². The van der Waals surface area contributed by atoms with Gasteiger partial charge in [-0.2, -0.15) is 0 Å². The molecule has 0 spiro atoms. The summed E-state index contributed by atoms with van der Waals surface area (Å²) >= 11 is 0. The molecule has 0 bridgehead atoms. The van der Waals surface area contributed by atoms with Crippen molar-refractivity contribution in [1.82, 2.24) is 0 Å². The minimum absolute atomic E-state index is 0.900. The van der Waals surface area contributed by atoms with Gasteiger partial charge >= 0.3 is 0 Å². The van der Waals surface area contributed by atoms with Gasteiger partial charge < -0.3 is 9.32 Å². The lowest BCUT2D eigenvalue weighted by atomic mass is 9.91. The Hall–Kier alpha value is -7.94. The van der Waals surface area contributed by atoms with Gasteiger partial charge in [0.15, 0.2) is 0 Å². The number of rotatable bonds is 8. The van der Waals surface area contributed by atoms with Crippen molar-refractivity contribution >= 4 is 49.8 Å². The predicted molar refractivity (Wildman–Crippen MR) is 253 cm³/mol. The highest BCUT2D eigenvalue weighted by Gasteiger charge is 2.16. The van der Waals surface area contributed by atoms with E-state index in [-0.39, 0.29) is 0 Å². The highest BCUT2D eigenvalue weighted by atomic mass is 16.3. The summed E-state index contributed by atoms with van der Waals surface area (Å²) in [6.45, 7) is 0. The first-order chi connectivity index (χ1) is 29.7. The maximum Gasteiger partial charge on any atom is 0.136 e. The van der Waals surface area contributed by atoms with Crippen molar-refractivity contribution in [2.45, 2.75) is 0 Å². The number of furan rings is 1. The number of fused-ring (bicyclic) bond motifs is 4. The number of para-hydroxylation sites is 1. The van der Waals surface area contributed by atoms with E-state index >= 15 is 0 Å². The lowest BCUT2D eigenvalue weighted by molar-refractivity contribution is 0.669. The van der Waals surface area contributed by atoms with Gasteiger partial charge in [-0.25, -0.2) is 0 Å². The summed E-state index contributed by atoms with van der Waals surface area (Å²) in [6.07, 6.45) is 0. The van der Waals surface area contributed by atoms with E-state index in [0.717, 1.165) is 50.1 Å². The zero-order chi connectivity index (χ0) is 39.8. The third-order valence-corrected chi connectivity index (χ3v) is 11.7. The molecule has 2 heteroatoms. The zero-order valence-electron chi connectivity index (χ0n) is 32.9. The highest BCUT2D eigenvalue weighted by Crippen LogP contribution is 2.41. The van der Waals surface area contributed by atoms with Crippen molar-refractivity contribution in [3.63, 3.8) is 0 Å². The smallest absolute Gasteiger partial charge is 0.136 e. The van der Waals surface area contributed by atoms with E-state index in [1.165, 1.54) is 55.3 Å². The van der Waals surface area contributed by atoms with Crippen LogP contribution in [0.3, 0.4) is 0 Å². The van der Waals surface area contributed by atoms with E-state index in [1.54, 1.807) is 0 Å². The molecule has 10 aromatic carbocycles. The molecule has 0 fully saturated rings. The molecular formula is C58H39NO. The molecule has 0 aliphatic rings. The highest BCUT2D eigenvalue weighted by molar-refractivity contribution is 6.06. The zero-order valence-corrected chi connectivity index (χ0v) is 32.9. The van der Waals surface area contributed by atoms with Gasteiger partial charge in [0.2, 0.25) is 0 Å². The molecule has 11 rings (SSSR count). The van der Waals surface area contributed by atoms with Crippen LogP contribution in [0, 0.1) is 0 Å². The van der Waals surface area contributed by atoms with E-state index in [2.05, 4.69) is 229 Å². The van der Waals surface area contributed by atoms with Crippen LogP contribution in [-0.4, -0.2) is 0 Å². The first kappa shape index (κ1) is 35.2. The number of hydrogen-bond acceptors (Lipinski definition) is 2. The standard InChI is InChI=1S/C58H39NO/c1-2-12-40(13-3-1)41-24-31-48(32-25-41)59(49-33-26-42(27-34-49)45-30-37-56-55-21-8-9-23-57(55)60-58(56)39-45)50-35-28-44(29-36-50)52-19-6-7-20-53(52)46-16-10-17-47(38-46)54-22-11-15-43-14-4-5-18-51(43)54/h1-39H. The van der Waals surface area contributed by atoms with Crippen LogP contribution in [0.1, 0.15) is 0 Å². The van der Waals surface area contributed by atoms with Gasteiger partial charge in [0.1, 0.15) is 11.2 Å². The number of hydrogen-bond donors (Lipinski definition) is 0. The predicted octanol–water partition coefficient (Wildman–Crippen LogP) is 16.5. The van der Waals surface area contributed by atoms with E-state index in [4.69, 9.17) is 4.42 Å². The average molecular weight is 766 g/mol. The van der Waals surface area contributed by atoms with Gasteiger partial charge in [0.05, 0.1) is 0 Å². The molecule has 0 aliphatic carbocycles. The molecule has 0 radical (unpaired) electrons. The van der Waals surface area contributed by atoms with Gasteiger partial charge in [-0.3, -0.25) is 0 Å². The third-order valence-electron chi connectivity index (χ3n) is 11.7. The van der Waals surface area contributed by atoms with E-state index in [0.29, 0.717) is 0 Å². The maximum atomic E-state index is 6.24. The van der Waals surface area contributed by atoms with Crippen molar-refractivity contribution in [3.05, 3.63) is 237 Å². The van der Waals surface area contributed by atoms with Gasteiger partial charge in [-0.1, -0.05) is 176 Å². The first-order valence-corrected chi connectivity index (χ1v) is 20.5. The second-order valence-electron chi connectivity index (χ2n) is 15.3. The monoisotopic (exact) mass is 765 g/mol. The molecule has 1 aromatic heterocycles. The van der Waals surface area contributed by atoms with Crippen LogP contribution in [0.4, 0.5) is 17.1 Å². The molecule has 60 heavy (non-hydrogen) atoms. The van der Waals surface area contributed by atoms with Crippen LogP contribution >= 0.6 is 0 Å². The Morgan fingerprint density at radius 1 is 0.250 bits per heavy atom. The van der Waals surface area contributed by atoms with E-state index in [9.17, 15) is 0 Å². The normalized spacial score (nSPS) is 11.3. The SMILES string of the molecule is c1ccc(-c2ccc(N(c3ccc(-c4ccc5c(c4)oc4ccccc45)cc3)c3ccc(-c4ccccc4-c4cccc(-c5cccc6ccccc56)c4)cc3)cc2)cc1. The molecule has 2 nitrogen and oxygen atoms in total. The number of nitrogens with zero attached hydrogens (tertiary/aromatic N) is 1. The van der Waals surface area contributed by atoms with Crippen molar-refractivity contribution in [1.29, 1.82) is 0 Å². The third kappa shape index (κ3) is 6.51. The summed E-state index contributed by atoms with van der Waals surface area (Å²) in [4.78, 5) is 2.34. The fourth-order valence-corrected chi connectivity index (χ4v) is 8.70. The maximum absolute atomic E-state index is 6.24. The summed E-state index contributed by atoms with van der Waals surface area (Å²) < 4.78 is 6.24. The lowest BCUT2D eigenvalue weighted by Gasteiger charge is -2.26. The Morgan fingerprint density at radius 2 is 0.700 bits per heavy atom. The minimum atomic E-state index is 0.900. The Labute approximate surface area is 349 Å². The molecule has 1 heterocycles. The van der Waals surface area contributed by atoms with Crippen molar-refractivity contribution in [2.24, 2.45) is 0 Å². The van der Waals surface area contributed by atoms with Gasteiger partial charge in [-0.05, 0) is 127 Å². The largest absolute Gasteiger partial charge is 0.456 e. The van der Waals surface area contributed by atoms with E-state index in [1.807, 2.05) is 12.1 Å². The van der Waals surface area contributed by atoms with Crippen molar-refractivity contribution in [2.75, 3.05) is 4.90 Å².